The van der Waals surface area contributed by atoms with Crippen molar-refractivity contribution >= 4 is 30.9 Å². The van der Waals surface area contributed by atoms with Gasteiger partial charge in [-0.1, -0.05) is 38.1 Å². The molecule has 0 bridgehead atoms. The number of carbonyl (C=O) groups is 3. The van der Waals surface area contributed by atoms with E-state index in [1.54, 1.807) is 24.1 Å². The summed E-state index contributed by atoms with van der Waals surface area (Å²) < 4.78 is 0. The lowest BCUT2D eigenvalue weighted by atomic mass is 9.80. The largest absolute Gasteiger partial charge is 0.488 e. The third kappa shape index (κ3) is 10.1. The van der Waals surface area contributed by atoms with E-state index in [0.29, 0.717) is 24.8 Å². The summed E-state index contributed by atoms with van der Waals surface area (Å²) in [5, 5.41) is 29.2. The lowest BCUT2D eigenvalue weighted by Gasteiger charge is -2.18. The van der Waals surface area contributed by atoms with Crippen LogP contribution in [0, 0.1) is 0 Å². The molecule has 0 aromatic heterocycles. The average Bonchev–Trinajstić information content (AvgIpc) is 2.68. The van der Waals surface area contributed by atoms with Gasteiger partial charge in [-0.2, -0.15) is 0 Å². The zero-order valence-electron chi connectivity index (χ0n) is 16.8. The van der Waals surface area contributed by atoms with Crippen LogP contribution >= 0.6 is 0 Å². The van der Waals surface area contributed by atoms with E-state index in [9.17, 15) is 14.4 Å². The molecule has 0 radical (unpaired) electrons. The smallest absolute Gasteiger partial charge is 0.480 e. The first-order valence-electron chi connectivity index (χ1n) is 9.46. The minimum atomic E-state index is -1.48. The van der Waals surface area contributed by atoms with Crippen molar-refractivity contribution in [2.24, 2.45) is 0 Å². The lowest BCUT2D eigenvalue weighted by molar-refractivity contribution is -0.141. The van der Waals surface area contributed by atoms with Crippen LogP contribution in [0.1, 0.15) is 45.1 Å². The Morgan fingerprint density at radius 1 is 1.18 bits per heavy atom. The molecule has 0 saturated carbocycles. The maximum Gasteiger partial charge on any atom is 0.488 e. The van der Waals surface area contributed by atoms with Crippen LogP contribution in [0.2, 0.25) is 0 Å². The van der Waals surface area contributed by atoms with Crippen LogP contribution in [-0.4, -0.2) is 65.1 Å². The predicted molar refractivity (Wildman–Crippen MR) is 108 cm³/mol. The van der Waals surface area contributed by atoms with Gasteiger partial charge >= 0.3 is 13.1 Å². The highest BCUT2D eigenvalue weighted by Gasteiger charge is 2.17. The number of nitrogens with one attached hydrogen (secondary N) is 1. The predicted octanol–water partition coefficient (Wildman–Crippen LogP) is 0.153. The van der Waals surface area contributed by atoms with Crippen LogP contribution in [-0.2, 0) is 20.8 Å². The maximum atomic E-state index is 12.0. The Bertz CT molecular complexity index is 595. The summed E-state index contributed by atoms with van der Waals surface area (Å²) in [7, 11) is 0.224. The number of carboxylic acids is 1. The third-order valence-electron chi connectivity index (χ3n) is 4.11. The molecule has 0 unspecified atom stereocenters. The first-order chi connectivity index (χ1) is 13.3. The van der Waals surface area contributed by atoms with Crippen molar-refractivity contribution in [1.29, 1.82) is 0 Å². The van der Waals surface area contributed by atoms with Crippen LogP contribution in [0.3, 0.4) is 0 Å². The molecule has 0 aliphatic rings. The molecule has 0 heterocycles. The van der Waals surface area contributed by atoms with Crippen molar-refractivity contribution in [1.82, 2.24) is 10.2 Å². The molecule has 0 fully saturated rings. The highest BCUT2D eigenvalue weighted by Crippen LogP contribution is 2.06. The Labute approximate surface area is 166 Å². The molecular formula is C19H31BN2O6. The Hall–Kier alpha value is -2.39. The Morgan fingerprint density at radius 2 is 1.79 bits per heavy atom. The summed E-state index contributed by atoms with van der Waals surface area (Å²) >= 11 is 0. The number of rotatable bonds is 12. The number of aliphatic carboxylic acids is 1. The van der Waals surface area contributed by atoms with Crippen molar-refractivity contribution in [3.63, 3.8) is 0 Å². The standard InChI is InChI=1S/C17H25BN2O6.C2H6/c1-20(16(22)6-2-5-15(17(23)24)19-12-21)11-3-4-13-7-9-14(10-8-13)18(25)26;1-2/h7-10,12,15,25-26H,2-6,11H2,1H3,(H,19,21)(H,23,24);1-2H3/t15-;/m0./s1. The minimum absolute atomic E-state index is 0.0704. The molecule has 0 spiro atoms. The first kappa shape index (κ1) is 25.6. The molecule has 1 aromatic rings. The first-order valence-corrected chi connectivity index (χ1v) is 9.46. The van der Waals surface area contributed by atoms with Crippen LogP contribution in [0.25, 0.3) is 0 Å². The van der Waals surface area contributed by atoms with Crippen molar-refractivity contribution in [2.75, 3.05) is 13.6 Å². The fourth-order valence-corrected chi connectivity index (χ4v) is 2.51. The number of hydrogen-bond donors (Lipinski definition) is 4. The van der Waals surface area contributed by atoms with Crippen molar-refractivity contribution in [2.45, 2.75) is 52.0 Å². The fourth-order valence-electron chi connectivity index (χ4n) is 2.51. The highest BCUT2D eigenvalue weighted by molar-refractivity contribution is 6.58. The molecule has 4 N–H and O–H groups in total. The molecule has 1 atom stereocenters. The quantitative estimate of drug-likeness (QED) is 0.295. The summed E-state index contributed by atoms with van der Waals surface area (Å²) in [5.41, 5.74) is 1.48. The van der Waals surface area contributed by atoms with Gasteiger partial charge in [0.25, 0.3) is 0 Å². The highest BCUT2D eigenvalue weighted by atomic mass is 16.4. The second-order valence-electron chi connectivity index (χ2n) is 6.10. The zero-order chi connectivity index (χ0) is 21.5. The number of hydrogen-bond acceptors (Lipinski definition) is 5. The van der Waals surface area contributed by atoms with Gasteiger partial charge in [-0.25, -0.2) is 4.79 Å². The van der Waals surface area contributed by atoms with E-state index in [4.69, 9.17) is 15.2 Å². The molecular weight excluding hydrogens is 363 g/mol. The topological polar surface area (TPSA) is 127 Å². The van der Waals surface area contributed by atoms with Crippen LogP contribution in [0.4, 0.5) is 0 Å². The lowest BCUT2D eigenvalue weighted by Crippen LogP contribution is -2.36. The number of nitrogens with zero attached hydrogens (tertiary/aromatic N) is 1. The molecule has 9 heteroatoms. The van der Waals surface area contributed by atoms with Gasteiger partial charge in [0.2, 0.25) is 12.3 Å². The molecule has 156 valence electrons. The number of carbonyl (C=O) groups excluding carboxylic acids is 2. The van der Waals surface area contributed by atoms with E-state index in [0.717, 1.165) is 18.4 Å². The summed E-state index contributed by atoms with van der Waals surface area (Å²) in [6.45, 7) is 4.57. The van der Waals surface area contributed by atoms with E-state index in [1.165, 1.54) is 0 Å². The van der Waals surface area contributed by atoms with Gasteiger partial charge in [0.05, 0.1) is 0 Å². The minimum Gasteiger partial charge on any atom is -0.480 e. The number of carboxylic acid groups (broad SMARTS) is 1. The summed E-state index contributed by atoms with van der Waals surface area (Å²) in [4.78, 5) is 34.9. The van der Waals surface area contributed by atoms with Crippen LogP contribution in [0.15, 0.2) is 24.3 Å². The molecule has 28 heavy (non-hydrogen) atoms. The van der Waals surface area contributed by atoms with Gasteiger partial charge in [-0.3, -0.25) is 9.59 Å². The van der Waals surface area contributed by atoms with Gasteiger partial charge in [0.1, 0.15) is 6.04 Å². The molecule has 1 rings (SSSR count). The monoisotopic (exact) mass is 394 g/mol. The molecule has 0 aliphatic carbocycles. The fraction of sp³-hybridized carbons (Fsp3) is 0.526. The normalized spacial score (nSPS) is 10.9. The zero-order valence-corrected chi connectivity index (χ0v) is 16.8. The van der Waals surface area contributed by atoms with E-state index in [1.807, 2.05) is 26.0 Å². The summed E-state index contributed by atoms with van der Waals surface area (Å²) in [6.07, 6.45) is 2.67. The van der Waals surface area contributed by atoms with Crippen LogP contribution < -0.4 is 10.8 Å². The Balaban J connectivity index is 0.00000352. The Kier molecular flexibility index (Phi) is 13.4. The van der Waals surface area contributed by atoms with Gasteiger partial charge < -0.3 is 25.4 Å². The number of amides is 2. The van der Waals surface area contributed by atoms with Gasteiger partial charge in [0.15, 0.2) is 0 Å². The van der Waals surface area contributed by atoms with Gasteiger partial charge in [-0.15, -0.1) is 0 Å². The third-order valence-corrected chi connectivity index (χ3v) is 4.11. The Morgan fingerprint density at radius 3 is 2.29 bits per heavy atom. The van der Waals surface area contributed by atoms with Gasteiger partial charge in [0, 0.05) is 20.0 Å². The molecule has 8 nitrogen and oxygen atoms in total. The summed E-state index contributed by atoms with van der Waals surface area (Å²) in [6, 6.07) is 5.99. The molecule has 1 aromatic carbocycles. The molecule has 2 amide bonds. The average molecular weight is 394 g/mol. The van der Waals surface area contributed by atoms with E-state index in [2.05, 4.69) is 5.32 Å². The van der Waals surface area contributed by atoms with E-state index in [-0.39, 0.29) is 18.7 Å². The van der Waals surface area contributed by atoms with E-state index < -0.39 is 19.1 Å². The van der Waals surface area contributed by atoms with Gasteiger partial charge in [-0.05, 0) is 36.7 Å². The second kappa shape index (κ2) is 14.6. The SMILES string of the molecule is CC.CN(CCCc1ccc(B(O)O)cc1)C(=O)CCC[C@H](NC=O)C(=O)O. The summed E-state index contributed by atoms with van der Waals surface area (Å²) in [5.74, 6) is -1.18. The van der Waals surface area contributed by atoms with Crippen molar-refractivity contribution < 1.29 is 29.5 Å². The maximum absolute atomic E-state index is 12.0. The molecule has 0 saturated heterocycles. The number of benzene rings is 1. The second-order valence-corrected chi connectivity index (χ2v) is 6.10. The van der Waals surface area contributed by atoms with Crippen LogP contribution in [0.5, 0.6) is 0 Å². The van der Waals surface area contributed by atoms with Crippen molar-refractivity contribution in [3.8, 4) is 0 Å². The number of aryl methyl sites for hydroxylation is 1. The van der Waals surface area contributed by atoms with E-state index >= 15 is 0 Å². The van der Waals surface area contributed by atoms with Crippen molar-refractivity contribution in [3.05, 3.63) is 29.8 Å². The molecule has 0 aliphatic heterocycles.